The molecular formula is C13H27O2Si2. The van der Waals surface area contributed by atoms with Gasteiger partial charge in [0.1, 0.15) is 0 Å². The van der Waals surface area contributed by atoms with E-state index >= 15 is 0 Å². The van der Waals surface area contributed by atoms with E-state index in [1.807, 2.05) is 13.8 Å². The number of carbonyl (C=O) groups excluding carboxylic acids is 1. The highest BCUT2D eigenvalue weighted by Gasteiger charge is 2.49. The number of carbonyl (C=O) groups is 1. The zero-order valence-corrected chi connectivity index (χ0v) is 14.5. The van der Waals surface area contributed by atoms with Crippen LogP contribution in [-0.4, -0.2) is 24.5 Å². The Labute approximate surface area is 111 Å². The topological polar surface area (TPSA) is 26.3 Å². The van der Waals surface area contributed by atoms with Crippen LogP contribution in [0.2, 0.25) is 21.7 Å². The highest BCUT2D eigenvalue weighted by molar-refractivity contribution is 6.79. The number of rotatable bonds is 5. The number of hydrogen-bond donors (Lipinski definition) is 0. The van der Waals surface area contributed by atoms with E-state index in [0.717, 1.165) is 0 Å². The van der Waals surface area contributed by atoms with Crippen molar-refractivity contribution in [3.63, 3.8) is 0 Å². The second-order valence-corrected chi connectivity index (χ2v) is 13.0. The molecule has 0 spiro atoms. The molecule has 0 aromatic heterocycles. The van der Waals surface area contributed by atoms with Crippen LogP contribution < -0.4 is 0 Å². The third-order valence-electron chi connectivity index (χ3n) is 3.49. The third-order valence-corrected chi connectivity index (χ3v) is 9.64. The molecule has 0 bridgehead atoms. The van der Waals surface area contributed by atoms with Crippen molar-refractivity contribution >= 4 is 24.5 Å². The summed E-state index contributed by atoms with van der Waals surface area (Å²) in [5.41, 5.74) is 1.29. The lowest BCUT2D eigenvalue weighted by molar-refractivity contribution is -0.138. The van der Waals surface area contributed by atoms with E-state index < -0.39 is 13.4 Å². The van der Waals surface area contributed by atoms with E-state index in [-0.39, 0.29) is 5.97 Å². The Morgan fingerprint density at radius 3 is 1.47 bits per heavy atom. The van der Waals surface area contributed by atoms with Gasteiger partial charge in [-0.15, -0.1) is 0 Å². The van der Waals surface area contributed by atoms with Crippen molar-refractivity contribution in [3.05, 3.63) is 0 Å². The second-order valence-electron chi connectivity index (χ2n) is 6.33. The average Bonchev–Trinajstić information content (AvgIpc) is 2.09. The van der Waals surface area contributed by atoms with E-state index in [1.165, 1.54) is 0 Å². The average molecular weight is 272 g/mol. The van der Waals surface area contributed by atoms with Gasteiger partial charge in [0.05, 0.1) is 0 Å². The summed E-state index contributed by atoms with van der Waals surface area (Å²) in [4.78, 5) is 12.2. The van der Waals surface area contributed by atoms with Crippen molar-refractivity contribution in [3.8, 4) is 0 Å². The molecule has 3 radical (unpaired) electrons. The quantitative estimate of drug-likeness (QED) is 0.705. The maximum Gasteiger partial charge on any atom is 0.294 e. The van der Waals surface area contributed by atoms with Gasteiger partial charge < -0.3 is 4.43 Å². The van der Waals surface area contributed by atoms with E-state index in [0.29, 0.717) is 16.6 Å². The van der Waals surface area contributed by atoms with Gasteiger partial charge in [0.15, 0.2) is 0 Å². The maximum absolute atomic E-state index is 12.2. The Morgan fingerprint density at radius 1 is 1.00 bits per heavy atom. The molecule has 4 heteroatoms. The molecule has 0 N–H and O–H groups in total. The lowest BCUT2D eigenvalue weighted by Gasteiger charge is -2.42. The van der Waals surface area contributed by atoms with Gasteiger partial charge in [0, 0.05) is 15.3 Å². The van der Waals surface area contributed by atoms with Gasteiger partial charge in [-0.3, -0.25) is 4.79 Å². The van der Waals surface area contributed by atoms with Crippen LogP contribution in [0.4, 0.5) is 0 Å². The minimum absolute atomic E-state index is 0.128. The van der Waals surface area contributed by atoms with Gasteiger partial charge >= 0.3 is 0 Å². The molecule has 0 aromatic rings. The molecule has 0 aliphatic rings. The van der Waals surface area contributed by atoms with Gasteiger partial charge in [-0.2, -0.15) is 0 Å². The molecular weight excluding hydrogens is 244 g/mol. The molecule has 0 heterocycles. The Balaban J connectivity index is 5.28. The van der Waals surface area contributed by atoms with Gasteiger partial charge in [-0.1, -0.05) is 55.4 Å². The van der Waals surface area contributed by atoms with Crippen LogP contribution in [-0.2, 0) is 9.22 Å². The van der Waals surface area contributed by atoms with E-state index in [1.54, 1.807) is 0 Å². The van der Waals surface area contributed by atoms with Crippen LogP contribution in [0.25, 0.3) is 0 Å². The molecule has 0 rings (SSSR count). The molecule has 0 aliphatic heterocycles. The third kappa shape index (κ3) is 3.68. The van der Waals surface area contributed by atoms with Crippen molar-refractivity contribution < 1.29 is 9.22 Å². The SMILES string of the molecule is CC(C)[Si](OC(=O)C(C)(C)[Si])(C(C)C)C(C)C. The smallest absolute Gasteiger partial charge is 0.294 e. The van der Waals surface area contributed by atoms with Gasteiger partial charge in [0.2, 0.25) is 0 Å². The Hall–Kier alpha value is -0.0962. The molecule has 0 amide bonds. The van der Waals surface area contributed by atoms with Gasteiger partial charge in [0.25, 0.3) is 14.3 Å². The minimum Gasteiger partial charge on any atom is -0.518 e. The summed E-state index contributed by atoms with van der Waals surface area (Å²) in [7, 11) is 1.36. The molecule has 0 aromatic carbocycles. The zero-order chi connectivity index (χ0) is 14.0. The maximum atomic E-state index is 12.2. The van der Waals surface area contributed by atoms with Crippen molar-refractivity contribution in [2.75, 3.05) is 0 Å². The van der Waals surface area contributed by atoms with Crippen molar-refractivity contribution in [1.29, 1.82) is 0 Å². The monoisotopic (exact) mass is 271 g/mol. The Kier molecular flexibility index (Phi) is 5.66. The molecule has 99 valence electrons. The van der Waals surface area contributed by atoms with E-state index in [9.17, 15) is 4.79 Å². The van der Waals surface area contributed by atoms with Gasteiger partial charge in [-0.25, -0.2) is 0 Å². The van der Waals surface area contributed by atoms with Gasteiger partial charge in [-0.05, 0) is 16.6 Å². The lowest BCUT2D eigenvalue weighted by atomic mass is 10.2. The first kappa shape index (κ1) is 16.9. The summed E-state index contributed by atoms with van der Waals surface area (Å²) in [5, 5.41) is -0.600. The largest absolute Gasteiger partial charge is 0.518 e. The molecule has 17 heavy (non-hydrogen) atoms. The summed E-state index contributed by atoms with van der Waals surface area (Å²) < 4.78 is 6.04. The molecule has 0 saturated heterocycles. The number of hydrogen-bond acceptors (Lipinski definition) is 2. The molecule has 0 aliphatic carbocycles. The van der Waals surface area contributed by atoms with Crippen molar-refractivity contribution in [1.82, 2.24) is 0 Å². The summed E-state index contributed by atoms with van der Waals surface area (Å²) in [6.45, 7) is 16.8. The summed E-state index contributed by atoms with van der Waals surface area (Å²) in [6.07, 6.45) is 0. The van der Waals surface area contributed by atoms with Crippen LogP contribution in [0, 0.1) is 0 Å². The van der Waals surface area contributed by atoms with Crippen molar-refractivity contribution in [2.24, 2.45) is 0 Å². The Bertz CT molecular complexity index is 243. The first-order chi connectivity index (χ1) is 7.46. The normalized spacial score (nSPS) is 13.6. The summed E-state index contributed by atoms with van der Waals surface area (Å²) in [5.74, 6) is -0.128. The second kappa shape index (κ2) is 5.70. The summed E-state index contributed by atoms with van der Waals surface area (Å²) in [6, 6.07) is 0. The van der Waals surface area contributed by atoms with Crippen molar-refractivity contribution in [2.45, 2.75) is 77.1 Å². The van der Waals surface area contributed by atoms with E-state index in [2.05, 4.69) is 51.8 Å². The molecule has 0 saturated carbocycles. The Morgan fingerprint density at radius 2 is 1.29 bits per heavy atom. The van der Waals surface area contributed by atoms with Crippen LogP contribution >= 0.6 is 0 Å². The molecule has 0 atom stereocenters. The predicted octanol–water partition coefficient (Wildman–Crippen LogP) is 4.07. The fourth-order valence-corrected chi connectivity index (χ4v) is 8.08. The lowest BCUT2D eigenvalue weighted by Crippen LogP contribution is -2.50. The molecule has 0 unspecified atom stereocenters. The minimum atomic E-state index is -2.08. The molecule has 2 nitrogen and oxygen atoms in total. The standard InChI is InChI=1S/C13H27O2Si2/c1-9(2)17(10(3)4,11(5)6)15-12(14)13(7,8)16/h9-11H,1-8H3. The fraction of sp³-hybridized carbons (Fsp3) is 0.923. The summed E-state index contributed by atoms with van der Waals surface area (Å²) >= 11 is 0. The highest BCUT2D eigenvalue weighted by atomic mass is 28.4. The first-order valence-corrected chi connectivity index (χ1v) is 9.08. The van der Waals surface area contributed by atoms with Crippen LogP contribution in [0.5, 0.6) is 0 Å². The van der Waals surface area contributed by atoms with E-state index in [4.69, 9.17) is 4.43 Å². The predicted molar refractivity (Wildman–Crippen MR) is 76.9 cm³/mol. The highest BCUT2D eigenvalue weighted by Crippen LogP contribution is 2.43. The van der Waals surface area contributed by atoms with Crippen LogP contribution in [0.1, 0.15) is 55.4 Å². The molecule has 0 fully saturated rings. The first-order valence-electron chi connectivity index (χ1n) is 6.44. The zero-order valence-electron chi connectivity index (χ0n) is 12.5. The van der Waals surface area contributed by atoms with Crippen LogP contribution in [0.15, 0.2) is 0 Å². The van der Waals surface area contributed by atoms with Crippen LogP contribution in [0.3, 0.4) is 0 Å². The fourth-order valence-electron chi connectivity index (χ4n) is 2.64.